The van der Waals surface area contributed by atoms with Crippen LogP contribution in [0.15, 0.2) is 35.5 Å². The van der Waals surface area contributed by atoms with Gasteiger partial charge in [0.25, 0.3) is 0 Å². The van der Waals surface area contributed by atoms with Crippen molar-refractivity contribution in [3.05, 3.63) is 36.4 Å². The Balaban J connectivity index is 0.00000243. The topological polar surface area (TPSA) is 85.7 Å². The van der Waals surface area contributed by atoms with E-state index in [1.54, 1.807) is 24.5 Å². The highest BCUT2D eigenvalue weighted by Gasteiger charge is 2.38. The molecule has 26 heavy (non-hydrogen) atoms. The van der Waals surface area contributed by atoms with Gasteiger partial charge in [-0.1, -0.05) is 0 Å². The molecule has 1 saturated heterocycles. The van der Waals surface area contributed by atoms with Crippen molar-refractivity contribution < 1.29 is 17.9 Å². The van der Waals surface area contributed by atoms with E-state index in [4.69, 9.17) is 9.47 Å². The average molecular weight is 403 g/mol. The van der Waals surface area contributed by atoms with Gasteiger partial charge >= 0.3 is 0 Å². The van der Waals surface area contributed by atoms with Gasteiger partial charge in [-0.2, -0.15) is 4.31 Å². The van der Waals surface area contributed by atoms with Crippen molar-refractivity contribution in [1.29, 1.82) is 0 Å². The third-order valence-electron chi connectivity index (χ3n) is 4.31. The van der Waals surface area contributed by atoms with Gasteiger partial charge in [-0.25, -0.2) is 13.4 Å². The SMILES string of the molecule is COc1ccc(OC)c(S(=O)(=O)N2CCNCC2c2nccn2C)c1.Cl. The van der Waals surface area contributed by atoms with E-state index in [2.05, 4.69) is 10.3 Å². The first kappa shape index (κ1) is 20.5. The predicted octanol–water partition coefficient (Wildman–Crippen LogP) is 1.19. The highest BCUT2D eigenvalue weighted by atomic mass is 35.5. The molecule has 1 unspecified atom stereocenters. The molecule has 0 amide bonds. The molecule has 8 nitrogen and oxygen atoms in total. The summed E-state index contributed by atoms with van der Waals surface area (Å²) in [6, 6.07) is 4.37. The summed E-state index contributed by atoms with van der Waals surface area (Å²) in [5.74, 6) is 1.44. The number of ether oxygens (including phenoxy) is 2. The number of aryl methyl sites for hydroxylation is 1. The first-order valence-electron chi connectivity index (χ1n) is 7.91. The van der Waals surface area contributed by atoms with Gasteiger partial charge < -0.3 is 19.4 Å². The zero-order valence-corrected chi connectivity index (χ0v) is 16.5. The second-order valence-corrected chi connectivity index (χ2v) is 7.61. The average Bonchev–Trinajstić information content (AvgIpc) is 3.07. The van der Waals surface area contributed by atoms with Gasteiger partial charge in [0.1, 0.15) is 22.2 Å². The molecule has 0 radical (unpaired) electrons. The Morgan fingerprint density at radius 2 is 2.04 bits per heavy atom. The van der Waals surface area contributed by atoms with E-state index in [9.17, 15) is 8.42 Å². The van der Waals surface area contributed by atoms with Crippen LogP contribution in [0.3, 0.4) is 0 Å². The molecule has 0 bridgehead atoms. The molecule has 1 aliphatic heterocycles. The maximum Gasteiger partial charge on any atom is 0.247 e. The Kier molecular flexibility index (Phi) is 6.51. The molecule has 1 aromatic carbocycles. The van der Waals surface area contributed by atoms with E-state index in [-0.39, 0.29) is 23.1 Å². The minimum Gasteiger partial charge on any atom is -0.497 e. The third-order valence-corrected chi connectivity index (χ3v) is 6.24. The van der Waals surface area contributed by atoms with Gasteiger partial charge in [0, 0.05) is 45.1 Å². The largest absolute Gasteiger partial charge is 0.497 e. The van der Waals surface area contributed by atoms with Crippen molar-refractivity contribution in [2.45, 2.75) is 10.9 Å². The highest BCUT2D eigenvalue weighted by Crippen LogP contribution is 2.34. The van der Waals surface area contributed by atoms with Crippen molar-refractivity contribution in [2.24, 2.45) is 7.05 Å². The number of halogens is 1. The molecule has 2 aromatic rings. The van der Waals surface area contributed by atoms with E-state index in [1.165, 1.54) is 24.6 Å². The Labute approximate surface area is 159 Å². The number of hydrogen-bond donors (Lipinski definition) is 1. The lowest BCUT2D eigenvalue weighted by Crippen LogP contribution is -2.49. The molecule has 10 heteroatoms. The van der Waals surface area contributed by atoms with E-state index in [1.807, 2.05) is 11.6 Å². The van der Waals surface area contributed by atoms with Crippen LogP contribution < -0.4 is 14.8 Å². The Morgan fingerprint density at radius 1 is 1.27 bits per heavy atom. The van der Waals surface area contributed by atoms with Gasteiger partial charge in [0.2, 0.25) is 10.0 Å². The van der Waals surface area contributed by atoms with Crippen LogP contribution in [0.25, 0.3) is 0 Å². The normalized spacial score (nSPS) is 18.2. The molecular weight excluding hydrogens is 380 g/mol. The fourth-order valence-electron chi connectivity index (χ4n) is 3.00. The standard InChI is InChI=1S/C16H22N4O4S.ClH/c1-19-8-7-18-16(19)13-11-17-6-9-20(13)25(21,22)15-10-12(23-2)4-5-14(15)24-3;/h4-5,7-8,10,13,17H,6,9,11H2,1-3H3;1H. The maximum absolute atomic E-state index is 13.4. The van der Waals surface area contributed by atoms with Crippen molar-refractivity contribution in [3.8, 4) is 11.5 Å². The second-order valence-electron chi connectivity index (χ2n) is 5.75. The van der Waals surface area contributed by atoms with E-state index >= 15 is 0 Å². The number of benzene rings is 1. The number of sulfonamides is 1. The van der Waals surface area contributed by atoms with Gasteiger partial charge in [0.15, 0.2) is 0 Å². The van der Waals surface area contributed by atoms with Crippen LogP contribution in [0, 0.1) is 0 Å². The van der Waals surface area contributed by atoms with Crippen molar-refractivity contribution in [3.63, 3.8) is 0 Å². The summed E-state index contributed by atoms with van der Waals surface area (Å²) in [7, 11) is 1.01. The van der Waals surface area contributed by atoms with Crippen molar-refractivity contribution in [1.82, 2.24) is 19.2 Å². The summed E-state index contributed by atoms with van der Waals surface area (Å²) in [4.78, 5) is 4.43. The fourth-order valence-corrected chi connectivity index (χ4v) is 4.76. The lowest BCUT2D eigenvalue weighted by Gasteiger charge is -2.35. The molecule has 1 N–H and O–H groups in total. The number of nitrogens with one attached hydrogen (secondary N) is 1. The third kappa shape index (κ3) is 3.66. The summed E-state index contributed by atoms with van der Waals surface area (Å²) < 4.78 is 40.5. The summed E-state index contributed by atoms with van der Waals surface area (Å²) in [5, 5.41) is 3.24. The second kappa shape index (κ2) is 8.26. The molecule has 1 aromatic heterocycles. The smallest absolute Gasteiger partial charge is 0.247 e. The molecule has 1 atom stereocenters. The first-order chi connectivity index (χ1) is 12.0. The lowest BCUT2D eigenvalue weighted by atomic mass is 10.2. The molecule has 0 aliphatic carbocycles. The summed E-state index contributed by atoms with van der Waals surface area (Å²) in [6.07, 6.45) is 3.47. The Morgan fingerprint density at radius 3 is 2.65 bits per heavy atom. The quantitative estimate of drug-likeness (QED) is 0.808. The lowest BCUT2D eigenvalue weighted by molar-refractivity contribution is 0.257. The molecule has 0 saturated carbocycles. The van der Waals surface area contributed by atoms with E-state index < -0.39 is 16.1 Å². The van der Waals surface area contributed by atoms with Crippen LogP contribution in [0.2, 0.25) is 0 Å². The summed E-state index contributed by atoms with van der Waals surface area (Å²) in [5.41, 5.74) is 0. The Hall–Kier alpha value is -1.81. The number of hydrogen-bond acceptors (Lipinski definition) is 6. The molecule has 1 aliphatic rings. The Bertz CT molecular complexity index is 856. The predicted molar refractivity (Wildman–Crippen MR) is 99.5 cm³/mol. The van der Waals surface area contributed by atoms with Gasteiger partial charge in [-0.05, 0) is 12.1 Å². The van der Waals surface area contributed by atoms with Crippen molar-refractivity contribution in [2.75, 3.05) is 33.9 Å². The van der Waals surface area contributed by atoms with Crippen LogP contribution in [-0.4, -0.2) is 56.1 Å². The summed E-state index contributed by atoms with van der Waals surface area (Å²) in [6.45, 7) is 1.42. The van der Waals surface area contributed by atoms with Crippen LogP contribution in [0.1, 0.15) is 11.9 Å². The van der Waals surface area contributed by atoms with Gasteiger partial charge in [-0.3, -0.25) is 0 Å². The van der Waals surface area contributed by atoms with Crippen molar-refractivity contribution >= 4 is 22.4 Å². The van der Waals surface area contributed by atoms with Crippen LogP contribution in [0.5, 0.6) is 11.5 Å². The number of nitrogens with zero attached hydrogens (tertiary/aromatic N) is 3. The number of aromatic nitrogens is 2. The van der Waals surface area contributed by atoms with E-state index in [0.717, 1.165) is 0 Å². The van der Waals surface area contributed by atoms with E-state index in [0.29, 0.717) is 31.2 Å². The van der Waals surface area contributed by atoms with Gasteiger partial charge in [0.05, 0.1) is 20.3 Å². The number of rotatable bonds is 5. The number of imidazole rings is 1. The highest BCUT2D eigenvalue weighted by molar-refractivity contribution is 7.89. The van der Waals surface area contributed by atoms with Crippen LogP contribution in [-0.2, 0) is 17.1 Å². The molecular formula is C16H23ClN4O4S. The molecule has 1 fully saturated rings. The first-order valence-corrected chi connectivity index (χ1v) is 9.35. The maximum atomic E-state index is 13.4. The van der Waals surface area contributed by atoms with Crippen LogP contribution >= 0.6 is 12.4 Å². The zero-order valence-electron chi connectivity index (χ0n) is 14.9. The minimum atomic E-state index is -3.79. The number of piperazine rings is 1. The summed E-state index contributed by atoms with van der Waals surface area (Å²) >= 11 is 0. The molecule has 2 heterocycles. The number of methoxy groups -OCH3 is 2. The molecule has 3 rings (SSSR count). The monoisotopic (exact) mass is 402 g/mol. The van der Waals surface area contributed by atoms with Gasteiger partial charge in [-0.15, -0.1) is 12.4 Å². The zero-order chi connectivity index (χ0) is 18.0. The fraction of sp³-hybridized carbons (Fsp3) is 0.438. The molecule has 0 spiro atoms. The minimum absolute atomic E-state index is 0. The van der Waals surface area contributed by atoms with Crippen LogP contribution in [0.4, 0.5) is 0 Å². The molecule has 144 valence electrons.